The lowest BCUT2D eigenvalue weighted by atomic mass is 10.0. The molecule has 0 bridgehead atoms. The molecule has 0 fully saturated rings. The number of rotatable bonds is 12. The average Bonchev–Trinajstić information content (AvgIpc) is 2.83. The van der Waals surface area contributed by atoms with Gasteiger partial charge in [-0.2, -0.15) is 0 Å². The third-order valence-electron chi connectivity index (χ3n) is 6.14. The molecule has 0 saturated carbocycles. The zero-order chi connectivity index (χ0) is 24.5. The standard InChI is InChI=1S/C30H39NO3/c1-7-32-19-25-10-13-28(16-22(25)4)31(29-14-11-26(20-33-8-2)23(5)17-29)30-15-12-27(21-34-9-3)24(6)18-30/h10-18H,7-9,19-21H2,1-6H3. The molecule has 0 aliphatic heterocycles. The van der Waals surface area contributed by atoms with Crippen LogP contribution in [0.1, 0.15) is 54.2 Å². The van der Waals surface area contributed by atoms with Gasteiger partial charge in [0.15, 0.2) is 0 Å². The van der Waals surface area contributed by atoms with Crippen molar-refractivity contribution >= 4 is 17.1 Å². The predicted octanol–water partition coefficient (Wildman–Crippen LogP) is 7.69. The molecule has 3 aromatic rings. The second-order valence-corrected chi connectivity index (χ2v) is 8.58. The highest BCUT2D eigenvalue weighted by molar-refractivity contribution is 5.78. The minimum atomic E-state index is 0.638. The minimum Gasteiger partial charge on any atom is -0.377 e. The third kappa shape index (κ3) is 6.47. The third-order valence-corrected chi connectivity index (χ3v) is 6.14. The summed E-state index contributed by atoms with van der Waals surface area (Å²) in [6.07, 6.45) is 0. The van der Waals surface area contributed by atoms with Crippen LogP contribution < -0.4 is 4.90 Å². The lowest BCUT2D eigenvalue weighted by Crippen LogP contribution is -2.12. The van der Waals surface area contributed by atoms with Crippen molar-refractivity contribution in [3.8, 4) is 0 Å². The summed E-state index contributed by atoms with van der Waals surface area (Å²) in [6, 6.07) is 19.9. The lowest BCUT2D eigenvalue weighted by Gasteiger charge is -2.28. The number of hydrogen-bond donors (Lipinski definition) is 0. The zero-order valence-corrected chi connectivity index (χ0v) is 21.6. The van der Waals surface area contributed by atoms with E-state index < -0.39 is 0 Å². The number of benzene rings is 3. The van der Waals surface area contributed by atoms with Gasteiger partial charge in [-0.15, -0.1) is 0 Å². The van der Waals surface area contributed by atoms with E-state index in [1.165, 1.54) is 33.4 Å². The summed E-state index contributed by atoms with van der Waals surface area (Å²) in [5.41, 5.74) is 10.7. The van der Waals surface area contributed by atoms with E-state index in [1.54, 1.807) is 0 Å². The first-order chi connectivity index (χ1) is 16.5. The molecule has 3 rings (SSSR count). The average molecular weight is 462 g/mol. The summed E-state index contributed by atoms with van der Waals surface area (Å²) in [5.74, 6) is 0. The predicted molar refractivity (Wildman–Crippen MR) is 141 cm³/mol. The number of aryl methyl sites for hydroxylation is 3. The summed E-state index contributed by atoms with van der Waals surface area (Å²) in [5, 5.41) is 0. The van der Waals surface area contributed by atoms with Gasteiger partial charge in [0.1, 0.15) is 0 Å². The van der Waals surface area contributed by atoms with Crippen LogP contribution in [0.4, 0.5) is 17.1 Å². The van der Waals surface area contributed by atoms with E-state index >= 15 is 0 Å². The van der Waals surface area contributed by atoms with Gasteiger partial charge >= 0.3 is 0 Å². The first kappa shape index (κ1) is 26.0. The molecule has 0 unspecified atom stereocenters. The largest absolute Gasteiger partial charge is 0.377 e. The van der Waals surface area contributed by atoms with Gasteiger partial charge in [-0.1, -0.05) is 18.2 Å². The highest BCUT2D eigenvalue weighted by Gasteiger charge is 2.16. The highest BCUT2D eigenvalue weighted by Crippen LogP contribution is 2.37. The van der Waals surface area contributed by atoms with E-state index in [4.69, 9.17) is 14.2 Å². The minimum absolute atomic E-state index is 0.638. The van der Waals surface area contributed by atoms with Crippen LogP contribution in [0.5, 0.6) is 0 Å². The molecule has 0 aliphatic rings. The van der Waals surface area contributed by atoms with Crippen molar-refractivity contribution in [3.63, 3.8) is 0 Å². The molecule has 182 valence electrons. The fourth-order valence-electron chi connectivity index (χ4n) is 4.03. The van der Waals surface area contributed by atoms with E-state index in [0.29, 0.717) is 39.6 Å². The lowest BCUT2D eigenvalue weighted by molar-refractivity contribution is 0.133. The molecule has 0 spiro atoms. The summed E-state index contributed by atoms with van der Waals surface area (Å²) in [7, 11) is 0. The van der Waals surface area contributed by atoms with E-state index in [1.807, 2.05) is 20.8 Å². The second-order valence-electron chi connectivity index (χ2n) is 8.58. The molecule has 0 aromatic heterocycles. The Kier molecular flexibility index (Phi) is 9.70. The van der Waals surface area contributed by atoms with E-state index in [9.17, 15) is 0 Å². The van der Waals surface area contributed by atoms with Crippen molar-refractivity contribution in [1.29, 1.82) is 0 Å². The number of nitrogens with zero attached hydrogens (tertiary/aromatic N) is 1. The van der Waals surface area contributed by atoms with Crippen LogP contribution in [0.15, 0.2) is 54.6 Å². The fourth-order valence-corrected chi connectivity index (χ4v) is 4.03. The van der Waals surface area contributed by atoms with Crippen LogP contribution in [-0.2, 0) is 34.0 Å². The highest BCUT2D eigenvalue weighted by atomic mass is 16.5. The normalized spacial score (nSPS) is 11.1. The Hall–Kier alpha value is -2.66. The maximum atomic E-state index is 5.65. The summed E-state index contributed by atoms with van der Waals surface area (Å²) in [6.45, 7) is 16.6. The number of ether oxygens (including phenoxy) is 3. The van der Waals surface area contributed by atoms with Gasteiger partial charge in [-0.25, -0.2) is 0 Å². The Labute approximate surface area is 205 Å². The van der Waals surface area contributed by atoms with Crippen LogP contribution in [0, 0.1) is 20.8 Å². The van der Waals surface area contributed by atoms with Crippen molar-refractivity contribution in [2.75, 3.05) is 24.7 Å². The van der Waals surface area contributed by atoms with Gasteiger partial charge in [-0.05, 0) is 111 Å². The molecule has 0 radical (unpaired) electrons. The van der Waals surface area contributed by atoms with Crippen molar-refractivity contribution < 1.29 is 14.2 Å². The maximum Gasteiger partial charge on any atom is 0.0719 e. The van der Waals surface area contributed by atoms with E-state index in [2.05, 4.69) is 80.3 Å². The second kappa shape index (κ2) is 12.7. The Morgan fingerprint density at radius 2 is 0.794 bits per heavy atom. The Morgan fingerprint density at radius 1 is 0.500 bits per heavy atom. The molecule has 0 aliphatic carbocycles. The topological polar surface area (TPSA) is 30.9 Å². The molecule has 0 amide bonds. The van der Waals surface area contributed by atoms with Crippen molar-refractivity contribution in [2.24, 2.45) is 0 Å². The van der Waals surface area contributed by atoms with Crippen LogP contribution in [0.25, 0.3) is 0 Å². The Morgan fingerprint density at radius 3 is 1.03 bits per heavy atom. The van der Waals surface area contributed by atoms with Crippen molar-refractivity contribution in [3.05, 3.63) is 88.0 Å². The molecule has 0 saturated heterocycles. The summed E-state index contributed by atoms with van der Waals surface area (Å²) >= 11 is 0. The van der Waals surface area contributed by atoms with Gasteiger partial charge in [-0.3, -0.25) is 0 Å². The maximum absolute atomic E-state index is 5.65. The SMILES string of the molecule is CCOCc1ccc(N(c2ccc(COCC)c(C)c2)c2ccc(COCC)c(C)c2)cc1C. The molecule has 4 heteroatoms. The van der Waals surface area contributed by atoms with Gasteiger partial charge in [0.05, 0.1) is 19.8 Å². The van der Waals surface area contributed by atoms with E-state index in [0.717, 1.165) is 17.1 Å². The first-order valence-electron chi connectivity index (χ1n) is 12.3. The Balaban J connectivity index is 2.05. The summed E-state index contributed by atoms with van der Waals surface area (Å²) < 4.78 is 17.0. The fraction of sp³-hybridized carbons (Fsp3) is 0.400. The van der Waals surface area contributed by atoms with Crippen LogP contribution in [0.2, 0.25) is 0 Å². The quantitative estimate of drug-likeness (QED) is 0.277. The van der Waals surface area contributed by atoms with Gasteiger partial charge in [0.25, 0.3) is 0 Å². The molecular weight excluding hydrogens is 422 g/mol. The van der Waals surface area contributed by atoms with Gasteiger partial charge < -0.3 is 19.1 Å². The summed E-state index contributed by atoms with van der Waals surface area (Å²) in [4.78, 5) is 2.33. The Bertz CT molecular complexity index is 940. The molecule has 4 nitrogen and oxygen atoms in total. The number of anilines is 3. The van der Waals surface area contributed by atoms with Gasteiger partial charge in [0.2, 0.25) is 0 Å². The molecular formula is C30H39NO3. The molecule has 0 N–H and O–H groups in total. The van der Waals surface area contributed by atoms with Crippen LogP contribution in [0.3, 0.4) is 0 Å². The van der Waals surface area contributed by atoms with Crippen LogP contribution in [-0.4, -0.2) is 19.8 Å². The molecule has 34 heavy (non-hydrogen) atoms. The first-order valence-corrected chi connectivity index (χ1v) is 12.3. The number of hydrogen-bond acceptors (Lipinski definition) is 4. The van der Waals surface area contributed by atoms with Gasteiger partial charge in [0, 0.05) is 36.9 Å². The molecule has 0 heterocycles. The monoisotopic (exact) mass is 461 g/mol. The van der Waals surface area contributed by atoms with Crippen molar-refractivity contribution in [1.82, 2.24) is 0 Å². The smallest absolute Gasteiger partial charge is 0.0719 e. The van der Waals surface area contributed by atoms with E-state index in [-0.39, 0.29) is 0 Å². The zero-order valence-electron chi connectivity index (χ0n) is 21.6. The molecule has 3 aromatic carbocycles. The van der Waals surface area contributed by atoms with Crippen molar-refractivity contribution in [2.45, 2.75) is 61.4 Å². The van der Waals surface area contributed by atoms with Crippen LogP contribution >= 0.6 is 0 Å². The molecule has 0 atom stereocenters.